The van der Waals surface area contributed by atoms with Crippen molar-refractivity contribution in [3.63, 3.8) is 0 Å². The molecule has 10 heteroatoms. The quantitative estimate of drug-likeness (QED) is 0.150. The molecule has 0 amide bonds. The number of aromatic nitrogens is 4. The van der Waals surface area contributed by atoms with Gasteiger partial charge in [0.05, 0.1) is 23.2 Å². The number of fused-ring (bicyclic) bond motifs is 8. The summed E-state index contributed by atoms with van der Waals surface area (Å²) in [6.45, 7) is 12.9. The number of carbonyl (C=O) groups excluding carboxylic acids is 1. The number of carboxylic acids is 2. The average molecular weight is 642 g/mol. The van der Waals surface area contributed by atoms with Crippen molar-refractivity contribution in [1.29, 1.82) is 0 Å². The highest BCUT2D eigenvalue weighted by atomic mass is 16.4. The minimum Gasteiger partial charge on any atom is -0.481 e. The minimum atomic E-state index is -1.15. The number of aromatic carboxylic acids is 1. The highest BCUT2D eigenvalue weighted by Crippen LogP contribution is 2.43. The average Bonchev–Trinajstić information content (AvgIpc) is 3.70. The number of H-pyrrole nitrogens is 2. The second-order valence-electron chi connectivity index (χ2n) is 13.1. The van der Waals surface area contributed by atoms with E-state index in [0.29, 0.717) is 48.1 Å². The van der Waals surface area contributed by atoms with Crippen LogP contribution < -0.4 is 5.32 Å². The standard InChI is InChI=1S/C37H47N5O5/c1-8-23-18(3)27-15-29-20(5)25(11-10-22(43)12-13-38-7)35(41-29)26(14-33(44)45)36-34(37(46)47)21(6)30(42-36)17-32-24(9-2)19(4)28(40-32)16-31(23)39-27/h15-17,19-20,24-25,38-39,42H,8-14H2,1-7H3,(H,44,45)(H,46,47)/t19?,20-,24?,25?/m1/s1. The predicted octanol–water partition coefficient (Wildman–Crippen LogP) is 6.96. The zero-order chi connectivity index (χ0) is 34.2. The zero-order valence-corrected chi connectivity index (χ0v) is 28.5. The molecule has 5 heterocycles. The summed E-state index contributed by atoms with van der Waals surface area (Å²) in [6.07, 6.45) is 2.45. The SMILES string of the molecule is CCc1c(C)c2cc3nc(c(CC(=O)O)c4[nH]c(cc5nc(cc1[nH]2)C(C)C5CC)c(C)c4C(=O)O)C(CCC(=O)CCNC)[C@H]3C. The van der Waals surface area contributed by atoms with E-state index in [2.05, 4.69) is 56.0 Å². The molecule has 250 valence electrons. The molecule has 2 aliphatic rings. The van der Waals surface area contributed by atoms with Gasteiger partial charge >= 0.3 is 11.9 Å². The Morgan fingerprint density at radius 3 is 2.11 bits per heavy atom. The number of hydrogen-bond acceptors (Lipinski definition) is 6. The van der Waals surface area contributed by atoms with Gasteiger partial charge in [-0.3, -0.25) is 19.6 Å². The zero-order valence-electron chi connectivity index (χ0n) is 28.5. The molecule has 0 aromatic carbocycles. The van der Waals surface area contributed by atoms with E-state index < -0.39 is 18.4 Å². The van der Waals surface area contributed by atoms with Crippen molar-refractivity contribution in [2.24, 2.45) is 0 Å². The first-order valence-corrected chi connectivity index (χ1v) is 16.8. The second-order valence-corrected chi connectivity index (χ2v) is 13.1. The molecule has 3 aromatic heterocycles. The summed E-state index contributed by atoms with van der Waals surface area (Å²) in [4.78, 5) is 55.2. The van der Waals surface area contributed by atoms with Crippen LogP contribution in [0.2, 0.25) is 0 Å². The predicted molar refractivity (Wildman–Crippen MR) is 184 cm³/mol. The molecule has 0 radical (unpaired) electrons. The van der Waals surface area contributed by atoms with E-state index in [1.54, 1.807) is 6.92 Å². The minimum absolute atomic E-state index is 0.0286. The summed E-state index contributed by atoms with van der Waals surface area (Å²) < 4.78 is 0. The molecular weight excluding hydrogens is 594 g/mol. The van der Waals surface area contributed by atoms with Gasteiger partial charge in [0.2, 0.25) is 0 Å². The van der Waals surface area contributed by atoms with Crippen LogP contribution >= 0.6 is 0 Å². The lowest BCUT2D eigenvalue weighted by atomic mass is 9.84. The fourth-order valence-corrected chi connectivity index (χ4v) is 7.53. The highest BCUT2D eigenvalue weighted by molar-refractivity contribution is 6.02. The van der Waals surface area contributed by atoms with Crippen LogP contribution in [0.25, 0.3) is 22.1 Å². The number of ketones is 1. The Balaban J connectivity index is 1.93. The summed E-state index contributed by atoms with van der Waals surface area (Å²) in [7, 11) is 1.81. The van der Waals surface area contributed by atoms with Crippen LogP contribution in [0, 0.1) is 13.8 Å². The van der Waals surface area contributed by atoms with Gasteiger partial charge in [0.1, 0.15) is 5.78 Å². The fourth-order valence-electron chi connectivity index (χ4n) is 7.53. The molecule has 5 N–H and O–H groups in total. The number of nitrogens with zero attached hydrogens (tertiary/aromatic N) is 2. The van der Waals surface area contributed by atoms with Gasteiger partial charge in [-0.05, 0) is 75.0 Å². The second kappa shape index (κ2) is 13.8. The lowest BCUT2D eigenvalue weighted by molar-refractivity contribution is -0.136. The number of Topliss-reactive ketones (excluding diaryl/α,β-unsaturated/α-hetero) is 1. The maximum atomic E-state index is 12.8. The van der Waals surface area contributed by atoms with Crippen LogP contribution in [0.4, 0.5) is 0 Å². The van der Waals surface area contributed by atoms with Gasteiger partial charge in [0, 0.05) is 82.3 Å². The van der Waals surface area contributed by atoms with Gasteiger partial charge in [-0.15, -0.1) is 0 Å². The number of carbonyl (C=O) groups is 3. The number of hydrogen-bond donors (Lipinski definition) is 5. The van der Waals surface area contributed by atoms with Crippen LogP contribution in [0.1, 0.15) is 132 Å². The molecule has 0 saturated carbocycles. The van der Waals surface area contributed by atoms with Gasteiger partial charge in [-0.1, -0.05) is 27.7 Å². The summed E-state index contributed by atoms with van der Waals surface area (Å²) in [5.41, 5.74) is 9.08. The summed E-state index contributed by atoms with van der Waals surface area (Å²) in [5, 5.41) is 23.7. The van der Waals surface area contributed by atoms with Crippen molar-refractivity contribution in [3.8, 4) is 0 Å². The smallest absolute Gasteiger partial charge is 0.338 e. The number of aliphatic carboxylic acids is 1. The van der Waals surface area contributed by atoms with Crippen LogP contribution in [-0.2, 0) is 22.4 Å². The maximum absolute atomic E-state index is 12.8. The number of rotatable bonds is 11. The Kier molecular flexibility index (Phi) is 10.0. The van der Waals surface area contributed by atoms with Crippen molar-refractivity contribution in [2.75, 3.05) is 13.6 Å². The normalized spacial score (nSPS) is 19.2. The largest absolute Gasteiger partial charge is 0.481 e. The van der Waals surface area contributed by atoms with Crippen LogP contribution in [0.3, 0.4) is 0 Å². The first kappa shape index (κ1) is 34.0. The van der Waals surface area contributed by atoms with E-state index in [1.165, 1.54) is 5.56 Å². The molecule has 5 rings (SSSR count). The molecule has 4 atom stereocenters. The van der Waals surface area contributed by atoms with Crippen molar-refractivity contribution < 1.29 is 24.6 Å². The highest BCUT2D eigenvalue weighted by Gasteiger charge is 2.34. The molecule has 2 aliphatic heterocycles. The first-order chi connectivity index (χ1) is 22.4. The number of carboxylic acid groups (broad SMARTS) is 2. The van der Waals surface area contributed by atoms with Gasteiger partial charge in [-0.25, -0.2) is 4.79 Å². The Labute approximate surface area is 275 Å². The molecule has 3 unspecified atom stereocenters. The summed E-state index contributed by atoms with van der Waals surface area (Å²) in [5.74, 6) is -2.26. The Hall–Kier alpha value is -4.31. The summed E-state index contributed by atoms with van der Waals surface area (Å²) >= 11 is 0. The maximum Gasteiger partial charge on any atom is 0.338 e. The Bertz CT molecular complexity index is 1890. The molecule has 47 heavy (non-hydrogen) atoms. The lowest BCUT2D eigenvalue weighted by Gasteiger charge is -2.18. The number of aryl methyl sites for hydroxylation is 3. The molecule has 10 nitrogen and oxygen atoms in total. The van der Waals surface area contributed by atoms with E-state index in [0.717, 1.165) is 46.5 Å². The molecule has 0 spiro atoms. The van der Waals surface area contributed by atoms with E-state index in [-0.39, 0.29) is 40.5 Å². The Morgan fingerprint density at radius 2 is 1.47 bits per heavy atom. The molecule has 0 fully saturated rings. The topological polar surface area (TPSA) is 161 Å². The van der Waals surface area contributed by atoms with Gasteiger partial charge < -0.3 is 25.5 Å². The van der Waals surface area contributed by atoms with Gasteiger partial charge in [-0.2, -0.15) is 0 Å². The molecule has 3 aromatic rings. The van der Waals surface area contributed by atoms with Crippen molar-refractivity contribution >= 4 is 39.8 Å². The van der Waals surface area contributed by atoms with E-state index >= 15 is 0 Å². The van der Waals surface area contributed by atoms with Gasteiger partial charge in [0.25, 0.3) is 0 Å². The third-order valence-electron chi connectivity index (χ3n) is 10.3. The van der Waals surface area contributed by atoms with Gasteiger partial charge in [0.15, 0.2) is 0 Å². The van der Waals surface area contributed by atoms with E-state index in [4.69, 9.17) is 9.97 Å². The van der Waals surface area contributed by atoms with Crippen LogP contribution in [-0.4, -0.2) is 61.5 Å². The lowest BCUT2D eigenvalue weighted by Crippen LogP contribution is -2.15. The van der Waals surface area contributed by atoms with E-state index in [1.807, 2.05) is 19.2 Å². The fraction of sp³-hybridized carbons (Fsp3) is 0.486. The molecule has 8 bridgehead atoms. The van der Waals surface area contributed by atoms with E-state index in [9.17, 15) is 24.6 Å². The third-order valence-corrected chi connectivity index (χ3v) is 10.3. The van der Waals surface area contributed by atoms with Crippen molar-refractivity contribution in [1.82, 2.24) is 25.3 Å². The van der Waals surface area contributed by atoms with Crippen LogP contribution in [0.15, 0.2) is 18.2 Å². The Morgan fingerprint density at radius 1 is 0.830 bits per heavy atom. The van der Waals surface area contributed by atoms with Crippen molar-refractivity contribution in [2.45, 2.75) is 104 Å². The number of aromatic amines is 2. The monoisotopic (exact) mass is 641 g/mol. The molecule has 0 aliphatic carbocycles. The molecular formula is C37H47N5O5. The third kappa shape index (κ3) is 6.48. The number of nitrogens with one attached hydrogen (secondary N) is 3. The molecule has 0 saturated heterocycles. The summed E-state index contributed by atoms with van der Waals surface area (Å²) in [6, 6.07) is 6.11. The first-order valence-electron chi connectivity index (χ1n) is 16.8. The van der Waals surface area contributed by atoms with Crippen LogP contribution in [0.5, 0.6) is 0 Å². The van der Waals surface area contributed by atoms with Crippen molar-refractivity contribution in [3.05, 3.63) is 68.8 Å².